The van der Waals surface area contributed by atoms with E-state index in [-0.39, 0.29) is 47.3 Å². The van der Waals surface area contributed by atoms with Crippen LogP contribution >= 0.6 is 0 Å². The van der Waals surface area contributed by atoms with Gasteiger partial charge in [-0.25, -0.2) is 15.0 Å². The molecule has 8 heteroatoms. The highest BCUT2D eigenvalue weighted by molar-refractivity contribution is 5.75. The Hall–Kier alpha value is -4.46. The molecule has 0 bridgehead atoms. The second-order valence-corrected chi connectivity index (χ2v) is 8.85. The zero-order valence-corrected chi connectivity index (χ0v) is 21.5. The van der Waals surface area contributed by atoms with Crippen molar-refractivity contribution in [3.63, 3.8) is 0 Å². The molecule has 0 fully saturated rings. The van der Waals surface area contributed by atoms with E-state index < -0.39 is 0 Å². The highest BCUT2D eigenvalue weighted by atomic mass is 16.7. The van der Waals surface area contributed by atoms with Gasteiger partial charge in [0.05, 0.1) is 5.92 Å². The number of phenolic OH excluding ortho intramolecular Hbond substituents is 2. The fraction of sp³-hybridized carbons (Fsp3) is 0.267. The molecule has 3 aromatic carbocycles. The van der Waals surface area contributed by atoms with Crippen LogP contribution in [-0.4, -0.2) is 37.9 Å². The fourth-order valence-corrected chi connectivity index (χ4v) is 4.03. The molecule has 1 unspecified atom stereocenters. The second-order valence-electron chi connectivity index (χ2n) is 8.85. The standard InChI is InChI=1S/C30H31N3O5/c1-3-5-12-20(4-2)30(36)38-19-37-23-17-24(34)26(25(35)18-23)29-32-27(21-13-8-6-9-14-21)31-28(33-29)22-15-10-7-11-16-22/h6-11,13-18,20,34-35H,3-5,12,19H2,1-2H3. The van der Waals surface area contributed by atoms with Crippen LogP contribution in [0.3, 0.4) is 0 Å². The second kappa shape index (κ2) is 12.7. The van der Waals surface area contributed by atoms with Crippen LogP contribution in [-0.2, 0) is 9.53 Å². The number of nitrogens with zero attached hydrogens (tertiary/aromatic N) is 3. The summed E-state index contributed by atoms with van der Waals surface area (Å²) >= 11 is 0. The van der Waals surface area contributed by atoms with Crippen LogP contribution in [0.5, 0.6) is 17.2 Å². The third kappa shape index (κ3) is 6.45. The van der Waals surface area contributed by atoms with Gasteiger partial charge in [-0.2, -0.15) is 0 Å². The molecule has 196 valence electrons. The Morgan fingerprint density at radius 3 is 1.84 bits per heavy atom. The molecule has 0 aliphatic heterocycles. The molecule has 2 N–H and O–H groups in total. The summed E-state index contributed by atoms with van der Waals surface area (Å²) in [6.45, 7) is 3.69. The molecule has 0 aliphatic carbocycles. The van der Waals surface area contributed by atoms with Gasteiger partial charge < -0.3 is 19.7 Å². The molecule has 4 rings (SSSR count). The lowest BCUT2D eigenvalue weighted by atomic mass is 10.00. The van der Waals surface area contributed by atoms with Crippen molar-refractivity contribution >= 4 is 5.97 Å². The number of rotatable bonds is 11. The van der Waals surface area contributed by atoms with Crippen molar-refractivity contribution in [3.05, 3.63) is 72.8 Å². The van der Waals surface area contributed by atoms with E-state index in [4.69, 9.17) is 9.47 Å². The maximum Gasteiger partial charge on any atom is 0.311 e. The molecule has 0 radical (unpaired) electrons. The summed E-state index contributed by atoms with van der Waals surface area (Å²) in [5.41, 5.74) is 1.56. The minimum atomic E-state index is -0.332. The van der Waals surface area contributed by atoms with Gasteiger partial charge in [0, 0.05) is 23.3 Å². The first-order valence-corrected chi connectivity index (χ1v) is 12.7. The van der Waals surface area contributed by atoms with Gasteiger partial charge in [0.15, 0.2) is 17.5 Å². The van der Waals surface area contributed by atoms with Gasteiger partial charge in [0.25, 0.3) is 0 Å². The first-order valence-electron chi connectivity index (χ1n) is 12.7. The summed E-state index contributed by atoms with van der Waals surface area (Å²) < 4.78 is 10.8. The maximum absolute atomic E-state index is 12.3. The van der Waals surface area contributed by atoms with E-state index in [0.29, 0.717) is 18.1 Å². The largest absolute Gasteiger partial charge is 0.507 e. The number of carbonyl (C=O) groups is 1. The smallest absolute Gasteiger partial charge is 0.311 e. The number of aromatic nitrogens is 3. The average molecular weight is 514 g/mol. The zero-order valence-electron chi connectivity index (χ0n) is 21.5. The molecule has 8 nitrogen and oxygen atoms in total. The van der Waals surface area contributed by atoms with E-state index in [1.807, 2.05) is 67.6 Å². The molecular weight excluding hydrogens is 482 g/mol. The van der Waals surface area contributed by atoms with Gasteiger partial charge >= 0.3 is 5.97 Å². The first kappa shape index (κ1) is 26.6. The van der Waals surface area contributed by atoms with Crippen molar-refractivity contribution in [3.8, 4) is 51.4 Å². The molecule has 0 amide bonds. The maximum atomic E-state index is 12.3. The molecule has 1 aromatic heterocycles. The van der Waals surface area contributed by atoms with Gasteiger partial charge in [-0.3, -0.25) is 4.79 Å². The summed E-state index contributed by atoms with van der Waals surface area (Å²) in [7, 11) is 0. The number of hydrogen-bond donors (Lipinski definition) is 2. The summed E-state index contributed by atoms with van der Waals surface area (Å²) in [5, 5.41) is 21.7. The van der Waals surface area contributed by atoms with Crippen molar-refractivity contribution in [2.24, 2.45) is 5.92 Å². The number of benzene rings is 3. The van der Waals surface area contributed by atoms with E-state index in [0.717, 1.165) is 30.4 Å². The average Bonchev–Trinajstić information content (AvgIpc) is 2.94. The van der Waals surface area contributed by atoms with E-state index in [1.54, 1.807) is 0 Å². The summed E-state index contributed by atoms with van der Waals surface area (Å²) in [6.07, 6.45) is 3.42. The molecule has 1 heterocycles. The molecule has 0 saturated carbocycles. The van der Waals surface area contributed by atoms with Crippen molar-refractivity contribution in [1.29, 1.82) is 0 Å². The lowest BCUT2D eigenvalue weighted by molar-refractivity contribution is -0.155. The van der Waals surface area contributed by atoms with Crippen LogP contribution in [0.1, 0.15) is 39.5 Å². The Balaban J connectivity index is 1.60. The van der Waals surface area contributed by atoms with Crippen molar-refractivity contribution in [2.45, 2.75) is 39.5 Å². The Morgan fingerprint density at radius 1 is 0.816 bits per heavy atom. The van der Waals surface area contributed by atoms with Gasteiger partial charge in [-0.15, -0.1) is 0 Å². The Morgan fingerprint density at radius 2 is 1.34 bits per heavy atom. The highest BCUT2D eigenvalue weighted by Gasteiger charge is 2.20. The van der Waals surface area contributed by atoms with Crippen LogP contribution in [0.15, 0.2) is 72.8 Å². The van der Waals surface area contributed by atoms with E-state index in [2.05, 4.69) is 21.9 Å². The topological polar surface area (TPSA) is 115 Å². The number of hydrogen-bond acceptors (Lipinski definition) is 8. The quantitative estimate of drug-likeness (QED) is 0.175. The van der Waals surface area contributed by atoms with Crippen molar-refractivity contribution in [2.75, 3.05) is 6.79 Å². The van der Waals surface area contributed by atoms with E-state index in [1.165, 1.54) is 12.1 Å². The van der Waals surface area contributed by atoms with E-state index >= 15 is 0 Å². The Bertz CT molecular complexity index is 1280. The number of ether oxygens (including phenoxy) is 2. The summed E-state index contributed by atoms with van der Waals surface area (Å²) in [4.78, 5) is 26.0. The van der Waals surface area contributed by atoms with Gasteiger partial charge in [0.1, 0.15) is 22.8 Å². The van der Waals surface area contributed by atoms with Crippen LogP contribution in [0.2, 0.25) is 0 Å². The molecule has 4 aromatic rings. The third-order valence-corrected chi connectivity index (χ3v) is 6.15. The van der Waals surface area contributed by atoms with Crippen LogP contribution < -0.4 is 4.74 Å². The van der Waals surface area contributed by atoms with Crippen LogP contribution in [0.4, 0.5) is 0 Å². The molecule has 0 aliphatic rings. The summed E-state index contributed by atoms with van der Waals surface area (Å²) in [5.74, 6) is -0.0357. The predicted molar refractivity (Wildman–Crippen MR) is 144 cm³/mol. The minimum absolute atomic E-state index is 0.0386. The highest BCUT2D eigenvalue weighted by Crippen LogP contribution is 2.40. The normalized spacial score (nSPS) is 11.6. The molecule has 0 saturated heterocycles. The van der Waals surface area contributed by atoms with Crippen molar-refractivity contribution < 1.29 is 24.5 Å². The zero-order chi connectivity index (χ0) is 26.9. The minimum Gasteiger partial charge on any atom is -0.507 e. The predicted octanol–water partition coefficient (Wildman–Crippen LogP) is 6.38. The molecule has 1 atom stereocenters. The first-order chi connectivity index (χ1) is 18.5. The number of aromatic hydroxyl groups is 2. The lowest BCUT2D eigenvalue weighted by Gasteiger charge is -2.15. The van der Waals surface area contributed by atoms with Gasteiger partial charge in [0.2, 0.25) is 6.79 Å². The number of unbranched alkanes of at least 4 members (excludes halogenated alkanes) is 1. The number of esters is 1. The van der Waals surface area contributed by atoms with Gasteiger partial charge in [-0.05, 0) is 12.8 Å². The third-order valence-electron chi connectivity index (χ3n) is 6.15. The van der Waals surface area contributed by atoms with Gasteiger partial charge in [-0.1, -0.05) is 87.4 Å². The molecule has 0 spiro atoms. The lowest BCUT2D eigenvalue weighted by Crippen LogP contribution is -2.19. The number of phenols is 2. The number of carbonyl (C=O) groups excluding carboxylic acids is 1. The Labute approximate surface area is 222 Å². The monoisotopic (exact) mass is 513 g/mol. The van der Waals surface area contributed by atoms with E-state index in [9.17, 15) is 15.0 Å². The van der Waals surface area contributed by atoms with Crippen LogP contribution in [0, 0.1) is 5.92 Å². The molecular formula is C30H31N3O5. The van der Waals surface area contributed by atoms with Crippen LogP contribution in [0.25, 0.3) is 34.2 Å². The Kier molecular flexibility index (Phi) is 8.87. The van der Waals surface area contributed by atoms with Crippen molar-refractivity contribution in [1.82, 2.24) is 15.0 Å². The summed E-state index contributed by atoms with van der Waals surface area (Å²) in [6, 6.07) is 21.4. The fourth-order valence-electron chi connectivity index (χ4n) is 4.03. The SMILES string of the molecule is CCCCC(CC)C(=O)OCOc1cc(O)c(-c2nc(-c3ccccc3)nc(-c3ccccc3)n2)c(O)c1. The molecule has 38 heavy (non-hydrogen) atoms.